The number of anilines is 4. The van der Waals surface area contributed by atoms with Crippen LogP contribution in [0.25, 0.3) is 22.8 Å². The number of hydrogen-bond donors (Lipinski definition) is 6. The molecule has 60 heavy (non-hydrogen) atoms. The van der Waals surface area contributed by atoms with Gasteiger partial charge in [-0.1, -0.05) is 30.3 Å². The van der Waals surface area contributed by atoms with Crippen LogP contribution in [0.1, 0.15) is 50.1 Å². The lowest BCUT2D eigenvalue weighted by molar-refractivity contribution is -0.109. The van der Waals surface area contributed by atoms with Crippen LogP contribution in [0, 0.1) is 34.6 Å². The molecule has 0 radical (unpaired) electrons. The average molecular weight is 805 g/mol. The summed E-state index contributed by atoms with van der Waals surface area (Å²) >= 11 is 0. The van der Waals surface area contributed by atoms with E-state index in [-0.39, 0.29) is 5.91 Å². The summed E-state index contributed by atoms with van der Waals surface area (Å²) in [6.07, 6.45) is 7.21. The van der Waals surface area contributed by atoms with Crippen LogP contribution < -0.4 is 21.3 Å². The highest BCUT2D eigenvalue weighted by atomic mass is 16.3. The summed E-state index contributed by atoms with van der Waals surface area (Å²) < 4.78 is 4.76. The normalized spacial score (nSPS) is 10.3. The van der Waals surface area contributed by atoms with Crippen LogP contribution in [0.3, 0.4) is 0 Å². The van der Waals surface area contributed by atoms with Gasteiger partial charge in [-0.05, 0) is 70.5 Å². The first-order chi connectivity index (χ1) is 29.1. The molecule has 0 aliphatic rings. The van der Waals surface area contributed by atoms with Crippen LogP contribution in [0.15, 0.2) is 114 Å². The predicted molar refractivity (Wildman–Crippen MR) is 227 cm³/mol. The zero-order valence-electron chi connectivity index (χ0n) is 33.7. The van der Waals surface area contributed by atoms with Gasteiger partial charge in [0.2, 0.25) is 6.41 Å². The van der Waals surface area contributed by atoms with Gasteiger partial charge in [0.1, 0.15) is 17.3 Å². The Balaban J connectivity index is 0.000000173. The van der Waals surface area contributed by atoms with Crippen molar-refractivity contribution in [3.63, 3.8) is 0 Å². The van der Waals surface area contributed by atoms with Crippen molar-refractivity contribution in [2.45, 2.75) is 47.7 Å². The molecule has 7 aromatic heterocycles. The average Bonchev–Trinajstić information content (AvgIpc) is 4.03. The Morgan fingerprint density at radius 1 is 0.633 bits per heavy atom. The number of carbonyl (C=O) groups is 2. The van der Waals surface area contributed by atoms with Crippen LogP contribution >= 0.6 is 0 Å². The van der Waals surface area contributed by atoms with Crippen LogP contribution in [0.2, 0.25) is 0 Å². The quantitative estimate of drug-likeness (QED) is 0.0684. The van der Waals surface area contributed by atoms with Gasteiger partial charge in [0.15, 0.2) is 23.3 Å². The maximum absolute atomic E-state index is 12.4. The van der Waals surface area contributed by atoms with E-state index in [1.165, 1.54) is 0 Å². The number of benzene rings is 1. The summed E-state index contributed by atoms with van der Waals surface area (Å²) in [6, 6.07) is 26.5. The molecule has 7 heterocycles. The summed E-state index contributed by atoms with van der Waals surface area (Å²) in [7, 11) is 0. The summed E-state index contributed by atoms with van der Waals surface area (Å²) in [4.78, 5) is 48.7. The molecular formula is C43H44N14O3. The fraction of sp³-hybridized carbons (Fsp3) is 0.163. The van der Waals surface area contributed by atoms with Crippen molar-refractivity contribution < 1.29 is 14.0 Å². The van der Waals surface area contributed by atoms with Crippen LogP contribution in [0.4, 0.5) is 23.3 Å². The van der Waals surface area contributed by atoms with Crippen molar-refractivity contribution in [2.24, 2.45) is 0 Å². The van der Waals surface area contributed by atoms with Gasteiger partial charge in [-0.2, -0.15) is 10.2 Å². The number of furan rings is 1. The van der Waals surface area contributed by atoms with E-state index in [1.807, 2.05) is 101 Å². The summed E-state index contributed by atoms with van der Waals surface area (Å²) in [6.45, 7) is 10.7. The Morgan fingerprint density at radius 3 is 1.72 bits per heavy atom. The third-order valence-corrected chi connectivity index (χ3v) is 8.32. The molecule has 8 aromatic rings. The SMILES string of the molecule is Cc1cc(Nc2cc(C)[nH]n2)nc(-c2ccc(C(=O)NCc3ccccc3)nc2)n1.Cc1ccc(-c2nc(C)cc(Nc3cc(C)[nH]n3)n2)cn1.O=CNCc1ccoc1. The molecule has 0 fully saturated rings. The van der Waals surface area contributed by atoms with Crippen molar-refractivity contribution in [1.29, 1.82) is 0 Å². The maximum Gasteiger partial charge on any atom is 0.270 e. The second-order valence-electron chi connectivity index (χ2n) is 13.5. The molecule has 0 bridgehead atoms. The standard InChI is InChI=1S/C22H21N7O.C15H16N6.C6H7NO2/c1-14-10-19(26-20-11-15(2)28-29-20)27-21(25-14)17-8-9-18(23-13-17)22(30)24-12-16-6-4-3-5-7-16;1-9-4-5-12(8-16-9)15-17-10(2)6-13(19-15)18-14-7-11(3)20-21-14;8-5-7-3-6-1-2-9-4-6/h3-11,13H,12H2,1-2H3,(H,24,30)(H2,25,26,27,28,29);4-8H,1-3H3,(H2,17,18,19,20,21);1-2,4-5H,3H2,(H,7,8). The minimum Gasteiger partial charge on any atom is -0.472 e. The second kappa shape index (κ2) is 20.4. The molecule has 0 aliphatic heterocycles. The number of aromatic amines is 2. The van der Waals surface area contributed by atoms with Gasteiger partial charge < -0.3 is 25.7 Å². The molecule has 2 amide bonds. The number of pyridine rings is 2. The predicted octanol–water partition coefficient (Wildman–Crippen LogP) is 7.01. The van der Waals surface area contributed by atoms with E-state index in [9.17, 15) is 9.59 Å². The number of nitrogens with one attached hydrogen (secondary N) is 6. The fourth-order valence-corrected chi connectivity index (χ4v) is 5.43. The molecule has 17 nitrogen and oxygen atoms in total. The highest BCUT2D eigenvalue weighted by molar-refractivity contribution is 5.92. The summed E-state index contributed by atoms with van der Waals surface area (Å²) in [5, 5.41) is 25.8. The maximum atomic E-state index is 12.4. The Labute approximate surface area is 346 Å². The molecule has 0 unspecified atom stereocenters. The van der Waals surface area contributed by atoms with Gasteiger partial charge in [-0.25, -0.2) is 19.9 Å². The third-order valence-electron chi connectivity index (χ3n) is 8.32. The molecule has 304 valence electrons. The molecule has 0 aliphatic carbocycles. The largest absolute Gasteiger partial charge is 0.472 e. The Hall–Kier alpha value is -8.08. The van der Waals surface area contributed by atoms with E-state index < -0.39 is 0 Å². The number of H-pyrrole nitrogens is 2. The number of aromatic nitrogens is 10. The molecular weight excluding hydrogens is 761 g/mol. The lowest BCUT2D eigenvalue weighted by Crippen LogP contribution is -2.23. The minimum absolute atomic E-state index is 0.230. The Bertz CT molecular complexity index is 2590. The molecule has 0 atom stereocenters. The van der Waals surface area contributed by atoms with Crippen molar-refractivity contribution in [2.75, 3.05) is 10.6 Å². The smallest absolute Gasteiger partial charge is 0.270 e. The van der Waals surface area contributed by atoms with Gasteiger partial charge in [0.25, 0.3) is 5.91 Å². The number of nitrogens with zero attached hydrogens (tertiary/aromatic N) is 8. The van der Waals surface area contributed by atoms with E-state index in [2.05, 4.69) is 71.6 Å². The van der Waals surface area contributed by atoms with Gasteiger partial charge in [0.05, 0.1) is 12.5 Å². The topological polar surface area (TPSA) is 230 Å². The minimum atomic E-state index is -0.230. The number of aryl methyl sites for hydroxylation is 5. The molecule has 6 N–H and O–H groups in total. The van der Waals surface area contributed by atoms with Crippen molar-refractivity contribution >= 4 is 35.6 Å². The van der Waals surface area contributed by atoms with E-state index in [4.69, 9.17) is 4.42 Å². The molecule has 1 aromatic carbocycles. The second-order valence-corrected chi connectivity index (χ2v) is 13.5. The number of carbonyl (C=O) groups excluding carboxylic acids is 2. The monoisotopic (exact) mass is 804 g/mol. The van der Waals surface area contributed by atoms with Gasteiger partial charge in [0, 0.05) is 94.9 Å². The molecule has 0 saturated heterocycles. The van der Waals surface area contributed by atoms with E-state index in [0.717, 1.165) is 56.5 Å². The lowest BCUT2D eigenvalue weighted by Gasteiger charge is -2.08. The zero-order valence-corrected chi connectivity index (χ0v) is 33.7. The van der Waals surface area contributed by atoms with Gasteiger partial charge >= 0.3 is 0 Å². The highest BCUT2D eigenvalue weighted by Crippen LogP contribution is 2.21. The first-order valence-electron chi connectivity index (χ1n) is 18.8. The number of rotatable bonds is 12. The van der Waals surface area contributed by atoms with Gasteiger partial charge in [-0.3, -0.25) is 29.8 Å². The Kier molecular flexibility index (Phi) is 14.1. The third kappa shape index (κ3) is 12.5. The number of hydrogen-bond acceptors (Lipinski definition) is 13. The molecule has 0 spiro atoms. The first-order valence-corrected chi connectivity index (χ1v) is 18.8. The summed E-state index contributed by atoms with van der Waals surface area (Å²) in [5.41, 5.74) is 8.56. The van der Waals surface area contributed by atoms with Crippen LogP contribution in [-0.4, -0.2) is 62.6 Å². The van der Waals surface area contributed by atoms with E-state index in [1.54, 1.807) is 43.1 Å². The first kappa shape index (κ1) is 41.6. The fourth-order valence-electron chi connectivity index (χ4n) is 5.43. The van der Waals surface area contributed by atoms with Crippen molar-refractivity contribution in [1.82, 2.24) is 60.9 Å². The number of amides is 2. The molecule has 8 rings (SSSR count). The van der Waals surface area contributed by atoms with Crippen LogP contribution in [-0.2, 0) is 17.9 Å². The van der Waals surface area contributed by atoms with E-state index >= 15 is 0 Å². The lowest BCUT2D eigenvalue weighted by atomic mass is 10.2. The molecule has 0 saturated carbocycles. The van der Waals surface area contributed by atoms with E-state index in [0.29, 0.717) is 54.3 Å². The highest BCUT2D eigenvalue weighted by Gasteiger charge is 2.11. The Morgan fingerprint density at radius 2 is 1.23 bits per heavy atom. The van der Waals surface area contributed by atoms with Crippen LogP contribution in [0.5, 0.6) is 0 Å². The van der Waals surface area contributed by atoms with Gasteiger partial charge in [-0.15, -0.1) is 0 Å². The molecule has 17 heteroatoms. The van der Waals surface area contributed by atoms with Crippen molar-refractivity contribution in [3.8, 4) is 22.8 Å². The zero-order chi connectivity index (χ0) is 42.3. The van der Waals surface area contributed by atoms with Crippen molar-refractivity contribution in [3.05, 3.63) is 155 Å². The summed E-state index contributed by atoms with van der Waals surface area (Å²) in [5.74, 6) is 3.70.